The van der Waals surface area contributed by atoms with Gasteiger partial charge in [0.25, 0.3) is 0 Å². The van der Waals surface area contributed by atoms with Gasteiger partial charge in [-0.15, -0.1) is 0 Å². The van der Waals surface area contributed by atoms with Gasteiger partial charge in [0.2, 0.25) is 11.8 Å². The number of nitrogens with zero attached hydrogens (tertiary/aromatic N) is 1. The summed E-state index contributed by atoms with van der Waals surface area (Å²) in [7, 11) is 0. The molecule has 1 aliphatic rings. The van der Waals surface area contributed by atoms with Gasteiger partial charge in [0.15, 0.2) is 0 Å². The van der Waals surface area contributed by atoms with Crippen LogP contribution in [0.25, 0.3) is 0 Å². The smallest absolute Gasteiger partial charge is 0.246 e. The highest BCUT2D eigenvalue weighted by atomic mass is 16.5. The largest absolute Gasteiger partial charge is 0.380 e. The Morgan fingerprint density at radius 1 is 1.42 bits per heavy atom. The molecule has 5 nitrogen and oxygen atoms in total. The molecule has 2 atom stereocenters. The second-order valence-corrected chi connectivity index (χ2v) is 6.16. The summed E-state index contributed by atoms with van der Waals surface area (Å²) in [4.78, 5) is 26.1. The molecule has 0 spiro atoms. The fourth-order valence-corrected chi connectivity index (χ4v) is 2.20. The molecule has 110 valence electrons. The van der Waals surface area contributed by atoms with Crippen LogP contribution in [0.3, 0.4) is 0 Å². The molecule has 0 aromatic heterocycles. The zero-order chi connectivity index (χ0) is 14.6. The van der Waals surface area contributed by atoms with Crippen LogP contribution in [0, 0.1) is 5.41 Å². The molecular weight excluding hydrogens is 244 g/mol. The highest BCUT2D eigenvalue weighted by molar-refractivity contribution is 5.90. The Bertz CT molecular complexity index is 336. The minimum atomic E-state index is -0.466. The predicted molar refractivity (Wildman–Crippen MR) is 73.7 cm³/mol. The van der Waals surface area contributed by atoms with Gasteiger partial charge in [0.1, 0.15) is 6.04 Å². The maximum Gasteiger partial charge on any atom is 0.246 e. The molecule has 1 rings (SSSR count). The van der Waals surface area contributed by atoms with E-state index in [1.165, 1.54) is 0 Å². The van der Waals surface area contributed by atoms with Gasteiger partial charge in [-0.2, -0.15) is 0 Å². The fraction of sp³-hybridized carbons (Fsp3) is 0.857. The van der Waals surface area contributed by atoms with E-state index >= 15 is 0 Å². The first-order valence-corrected chi connectivity index (χ1v) is 6.95. The number of carbonyl (C=O) groups is 2. The van der Waals surface area contributed by atoms with Gasteiger partial charge in [0, 0.05) is 19.6 Å². The van der Waals surface area contributed by atoms with E-state index in [0.717, 1.165) is 0 Å². The molecule has 1 fully saturated rings. The summed E-state index contributed by atoms with van der Waals surface area (Å²) in [6, 6.07) is -0.475. The van der Waals surface area contributed by atoms with E-state index in [4.69, 9.17) is 4.74 Å². The van der Waals surface area contributed by atoms with Crippen LogP contribution in [-0.4, -0.2) is 48.6 Å². The first-order chi connectivity index (χ1) is 8.77. The Kier molecular flexibility index (Phi) is 5.35. The minimum Gasteiger partial charge on any atom is -0.380 e. The number of ether oxygens (including phenoxy) is 1. The molecule has 0 saturated carbocycles. The van der Waals surface area contributed by atoms with E-state index in [1.54, 1.807) is 4.90 Å². The average molecular weight is 270 g/mol. The Balaban J connectivity index is 2.86. The number of amides is 2. The van der Waals surface area contributed by atoms with Crippen LogP contribution in [0.15, 0.2) is 0 Å². The zero-order valence-electron chi connectivity index (χ0n) is 12.7. The van der Waals surface area contributed by atoms with Crippen LogP contribution < -0.4 is 5.32 Å². The lowest BCUT2D eigenvalue weighted by atomic mass is 9.86. The first-order valence-electron chi connectivity index (χ1n) is 6.95. The lowest BCUT2D eigenvalue weighted by Crippen LogP contribution is -2.54. The third kappa shape index (κ3) is 4.20. The van der Waals surface area contributed by atoms with Crippen molar-refractivity contribution >= 4 is 11.8 Å². The maximum absolute atomic E-state index is 12.6. The molecule has 19 heavy (non-hydrogen) atoms. The summed E-state index contributed by atoms with van der Waals surface area (Å²) >= 11 is 0. The van der Waals surface area contributed by atoms with E-state index in [1.807, 2.05) is 34.6 Å². The van der Waals surface area contributed by atoms with Gasteiger partial charge >= 0.3 is 0 Å². The van der Waals surface area contributed by atoms with Gasteiger partial charge in [-0.1, -0.05) is 20.8 Å². The summed E-state index contributed by atoms with van der Waals surface area (Å²) in [5.41, 5.74) is -0.291. The van der Waals surface area contributed by atoms with Crippen LogP contribution in [0.2, 0.25) is 0 Å². The lowest BCUT2D eigenvalue weighted by Gasteiger charge is -2.35. The molecule has 1 N–H and O–H groups in total. The third-order valence-electron chi connectivity index (χ3n) is 3.38. The van der Waals surface area contributed by atoms with Crippen molar-refractivity contribution in [3.05, 3.63) is 0 Å². The predicted octanol–water partition coefficient (Wildman–Crippen LogP) is 1.17. The molecule has 0 aliphatic carbocycles. The Labute approximate surface area is 115 Å². The van der Waals surface area contributed by atoms with Gasteiger partial charge in [0.05, 0.1) is 12.6 Å². The molecule has 1 heterocycles. The van der Waals surface area contributed by atoms with E-state index < -0.39 is 6.04 Å². The number of carbonyl (C=O) groups excluding carboxylic acids is 2. The Morgan fingerprint density at radius 2 is 2.05 bits per heavy atom. The number of rotatable bonds is 4. The molecule has 2 amide bonds. The molecule has 2 unspecified atom stereocenters. The third-order valence-corrected chi connectivity index (χ3v) is 3.38. The van der Waals surface area contributed by atoms with Crippen molar-refractivity contribution in [3.63, 3.8) is 0 Å². The summed E-state index contributed by atoms with van der Waals surface area (Å²) < 4.78 is 5.39. The van der Waals surface area contributed by atoms with Crippen molar-refractivity contribution < 1.29 is 14.3 Å². The SMILES string of the molecule is CCOCC(C)N1CCC(=O)NC(C(C)(C)C)C1=O. The lowest BCUT2D eigenvalue weighted by molar-refractivity contribution is -0.139. The average Bonchev–Trinajstić information content (AvgIpc) is 2.45. The van der Waals surface area contributed by atoms with Crippen molar-refractivity contribution in [3.8, 4) is 0 Å². The van der Waals surface area contributed by atoms with E-state index in [0.29, 0.717) is 26.2 Å². The molecule has 1 saturated heterocycles. The summed E-state index contributed by atoms with van der Waals surface area (Å²) in [5.74, 6) is -0.0649. The number of hydrogen-bond donors (Lipinski definition) is 1. The van der Waals surface area contributed by atoms with Crippen molar-refractivity contribution in [2.24, 2.45) is 5.41 Å². The van der Waals surface area contributed by atoms with Gasteiger partial charge in [-0.05, 0) is 19.3 Å². The fourth-order valence-electron chi connectivity index (χ4n) is 2.20. The number of hydrogen-bond acceptors (Lipinski definition) is 3. The first kappa shape index (κ1) is 16.0. The van der Waals surface area contributed by atoms with Crippen LogP contribution >= 0.6 is 0 Å². The maximum atomic E-state index is 12.6. The summed E-state index contributed by atoms with van der Waals surface area (Å²) in [5, 5.41) is 2.84. The topological polar surface area (TPSA) is 58.6 Å². The van der Waals surface area contributed by atoms with Crippen LogP contribution in [0.4, 0.5) is 0 Å². The minimum absolute atomic E-state index is 0.00875. The quantitative estimate of drug-likeness (QED) is 0.834. The second kappa shape index (κ2) is 6.37. The molecule has 1 aliphatic heterocycles. The van der Waals surface area contributed by atoms with Crippen LogP contribution in [-0.2, 0) is 14.3 Å². The highest BCUT2D eigenvalue weighted by Crippen LogP contribution is 2.24. The zero-order valence-corrected chi connectivity index (χ0v) is 12.7. The van der Waals surface area contributed by atoms with Gasteiger partial charge in [-0.3, -0.25) is 9.59 Å². The van der Waals surface area contributed by atoms with Crippen molar-refractivity contribution in [1.82, 2.24) is 10.2 Å². The Morgan fingerprint density at radius 3 is 2.58 bits per heavy atom. The molecule has 0 bridgehead atoms. The molecule has 0 aromatic carbocycles. The standard InChI is InChI=1S/C14H26N2O3/c1-6-19-9-10(2)16-8-7-11(17)15-12(13(16)18)14(3,4)5/h10,12H,6-9H2,1-5H3,(H,15,17). The monoisotopic (exact) mass is 270 g/mol. The van der Waals surface area contributed by atoms with Gasteiger partial charge < -0.3 is 15.0 Å². The normalized spacial score (nSPS) is 23.0. The van der Waals surface area contributed by atoms with Crippen molar-refractivity contribution in [2.75, 3.05) is 19.8 Å². The van der Waals surface area contributed by atoms with Crippen LogP contribution in [0.1, 0.15) is 41.0 Å². The van der Waals surface area contributed by atoms with E-state index in [-0.39, 0.29) is 23.3 Å². The molecule has 5 heteroatoms. The Hall–Kier alpha value is -1.10. The van der Waals surface area contributed by atoms with E-state index in [9.17, 15) is 9.59 Å². The molecular formula is C14H26N2O3. The molecule has 0 radical (unpaired) electrons. The highest BCUT2D eigenvalue weighted by Gasteiger charge is 2.39. The summed E-state index contributed by atoms with van der Waals surface area (Å²) in [6.45, 7) is 11.4. The van der Waals surface area contributed by atoms with E-state index in [2.05, 4.69) is 5.32 Å². The number of nitrogens with one attached hydrogen (secondary N) is 1. The second-order valence-electron chi connectivity index (χ2n) is 6.16. The van der Waals surface area contributed by atoms with Crippen molar-refractivity contribution in [2.45, 2.75) is 53.1 Å². The molecule has 0 aromatic rings. The summed E-state index contributed by atoms with van der Waals surface area (Å²) in [6.07, 6.45) is 0.356. The van der Waals surface area contributed by atoms with Crippen LogP contribution in [0.5, 0.6) is 0 Å². The van der Waals surface area contributed by atoms with Gasteiger partial charge in [-0.25, -0.2) is 0 Å². The van der Waals surface area contributed by atoms with Crippen molar-refractivity contribution in [1.29, 1.82) is 0 Å².